The molecule has 0 aromatic heterocycles. The van der Waals surface area contributed by atoms with Crippen LogP contribution < -0.4 is 10.6 Å². The third-order valence-corrected chi connectivity index (χ3v) is 2.91. The normalized spacial score (nSPS) is 10.9. The van der Waals surface area contributed by atoms with Gasteiger partial charge in [0.25, 0.3) is 0 Å². The molecule has 0 radical (unpaired) electrons. The maximum absolute atomic E-state index is 13.6. The van der Waals surface area contributed by atoms with Gasteiger partial charge in [-0.2, -0.15) is 5.26 Å². The van der Waals surface area contributed by atoms with Crippen LogP contribution in [-0.4, -0.2) is 18.0 Å². The number of carbonyl (C=O) groups is 1. The average Bonchev–Trinajstić information content (AvgIpc) is 2.34. The zero-order chi connectivity index (χ0) is 14.6. The average molecular weight is 263 g/mol. The van der Waals surface area contributed by atoms with Crippen molar-refractivity contribution in [2.75, 3.05) is 11.9 Å². The van der Waals surface area contributed by atoms with Gasteiger partial charge in [-0.05, 0) is 39.4 Å². The van der Waals surface area contributed by atoms with E-state index in [1.165, 1.54) is 6.07 Å². The minimum absolute atomic E-state index is 0.180. The molecular formula is C14H18FN3O. The second kappa shape index (κ2) is 5.81. The van der Waals surface area contributed by atoms with E-state index in [0.717, 1.165) is 6.07 Å². The Labute approximate surface area is 112 Å². The summed E-state index contributed by atoms with van der Waals surface area (Å²) in [6, 6.07) is 4.49. The van der Waals surface area contributed by atoms with E-state index in [-0.39, 0.29) is 11.5 Å². The lowest BCUT2D eigenvalue weighted by atomic mass is 10.0. The van der Waals surface area contributed by atoms with Crippen LogP contribution in [0.25, 0.3) is 0 Å². The minimum atomic E-state index is -0.764. The van der Waals surface area contributed by atoms with Crippen molar-refractivity contribution in [3.8, 4) is 6.07 Å². The summed E-state index contributed by atoms with van der Waals surface area (Å²) in [4.78, 5) is 12.1. The second-order valence-electron chi connectivity index (χ2n) is 4.85. The van der Waals surface area contributed by atoms with Crippen molar-refractivity contribution in [1.82, 2.24) is 5.32 Å². The van der Waals surface area contributed by atoms with Crippen molar-refractivity contribution >= 4 is 11.6 Å². The predicted molar refractivity (Wildman–Crippen MR) is 72.2 cm³/mol. The number of anilines is 1. The monoisotopic (exact) mass is 263 g/mol. The van der Waals surface area contributed by atoms with Gasteiger partial charge in [0.1, 0.15) is 5.82 Å². The van der Waals surface area contributed by atoms with Crippen molar-refractivity contribution in [2.45, 2.75) is 33.2 Å². The molecule has 0 saturated heterocycles. The zero-order valence-electron chi connectivity index (χ0n) is 11.6. The topological polar surface area (TPSA) is 64.9 Å². The second-order valence-corrected chi connectivity index (χ2v) is 4.85. The molecule has 1 aromatic rings. The fourth-order valence-corrected chi connectivity index (χ4v) is 1.67. The fourth-order valence-electron chi connectivity index (χ4n) is 1.67. The molecule has 2 N–H and O–H groups in total. The third kappa shape index (κ3) is 3.52. The van der Waals surface area contributed by atoms with Crippen LogP contribution in [0.15, 0.2) is 12.1 Å². The summed E-state index contributed by atoms with van der Waals surface area (Å²) in [6.45, 7) is 7.59. The Morgan fingerprint density at radius 3 is 2.63 bits per heavy atom. The van der Waals surface area contributed by atoms with Crippen LogP contribution in [0, 0.1) is 24.1 Å². The van der Waals surface area contributed by atoms with Gasteiger partial charge in [-0.3, -0.25) is 4.79 Å². The number of hydrogen-bond donors (Lipinski definition) is 2. The van der Waals surface area contributed by atoms with E-state index in [1.807, 2.05) is 13.0 Å². The fraction of sp³-hybridized carbons (Fsp3) is 0.429. The van der Waals surface area contributed by atoms with Crippen LogP contribution in [0.5, 0.6) is 0 Å². The lowest BCUT2D eigenvalue weighted by molar-refractivity contribution is -0.121. The van der Waals surface area contributed by atoms with Crippen molar-refractivity contribution in [1.29, 1.82) is 5.26 Å². The zero-order valence-corrected chi connectivity index (χ0v) is 11.6. The highest BCUT2D eigenvalue weighted by molar-refractivity contribution is 5.98. The highest BCUT2D eigenvalue weighted by Gasteiger charge is 2.26. The molecule has 0 fully saturated rings. The molecule has 1 rings (SSSR count). The molecule has 4 nitrogen and oxygen atoms in total. The Balaban J connectivity index is 3.04. The molecule has 0 atom stereocenters. The summed E-state index contributed by atoms with van der Waals surface area (Å²) in [6.07, 6.45) is 0. The summed E-state index contributed by atoms with van der Waals surface area (Å²) >= 11 is 0. The largest absolute Gasteiger partial charge is 0.324 e. The van der Waals surface area contributed by atoms with Gasteiger partial charge in [0.15, 0.2) is 0 Å². The molecule has 0 aliphatic rings. The van der Waals surface area contributed by atoms with Gasteiger partial charge in [-0.25, -0.2) is 4.39 Å². The van der Waals surface area contributed by atoms with Gasteiger partial charge >= 0.3 is 0 Å². The van der Waals surface area contributed by atoms with Crippen molar-refractivity contribution in [3.63, 3.8) is 0 Å². The number of rotatable bonds is 4. The van der Waals surface area contributed by atoms with Gasteiger partial charge in [-0.1, -0.05) is 6.92 Å². The molecule has 0 heterocycles. The van der Waals surface area contributed by atoms with Crippen LogP contribution >= 0.6 is 0 Å². The molecular weight excluding hydrogens is 245 g/mol. The van der Waals surface area contributed by atoms with E-state index in [2.05, 4.69) is 10.6 Å². The first kappa shape index (κ1) is 15.1. The molecule has 0 spiro atoms. The lowest BCUT2D eigenvalue weighted by Gasteiger charge is -2.25. The quantitative estimate of drug-likeness (QED) is 0.876. The van der Waals surface area contributed by atoms with Crippen molar-refractivity contribution in [2.24, 2.45) is 0 Å². The Hall–Kier alpha value is -1.93. The van der Waals surface area contributed by atoms with Gasteiger partial charge in [-0.15, -0.1) is 0 Å². The van der Waals surface area contributed by atoms with Crippen LogP contribution in [0.3, 0.4) is 0 Å². The first-order valence-electron chi connectivity index (χ1n) is 6.08. The highest BCUT2D eigenvalue weighted by Crippen LogP contribution is 2.21. The first-order valence-corrected chi connectivity index (χ1v) is 6.08. The van der Waals surface area contributed by atoms with Gasteiger partial charge in [0.2, 0.25) is 5.91 Å². The van der Waals surface area contributed by atoms with Crippen molar-refractivity contribution < 1.29 is 9.18 Å². The van der Waals surface area contributed by atoms with Gasteiger partial charge < -0.3 is 10.6 Å². The molecule has 5 heteroatoms. The van der Waals surface area contributed by atoms with Gasteiger partial charge in [0, 0.05) is 11.3 Å². The number of carbonyl (C=O) groups excluding carboxylic acids is 1. The number of amides is 1. The Kier molecular flexibility index (Phi) is 4.62. The van der Waals surface area contributed by atoms with E-state index in [9.17, 15) is 9.18 Å². The molecule has 0 aliphatic heterocycles. The summed E-state index contributed by atoms with van der Waals surface area (Å²) in [7, 11) is 0. The van der Waals surface area contributed by atoms with Gasteiger partial charge in [0.05, 0.1) is 17.2 Å². The number of benzene rings is 1. The number of nitrogens with one attached hydrogen (secondary N) is 2. The smallest absolute Gasteiger partial charge is 0.244 e. The summed E-state index contributed by atoms with van der Waals surface area (Å²) in [5.74, 6) is -0.775. The minimum Gasteiger partial charge on any atom is -0.324 e. The Morgan fingerprint density at radius 2 is 2.11 bits per heavy atom. The molecule has 1 amide bonds. The summed E-state index contributed by atoms with van der Waals surface area (Å²) in [5, 5.41) is 14.5. The van der Waals surface area contributed by atoms with Crippen LogP contribution in [0.2, 0.25) is 0 Å². The molecule has 1 aromatic carbocycles. The third-order valence-electron chi connectivity index (χ3n) is 2.91. The number of likely N-dealkylation sites (N-methyl/N-ethyl adjacent to an activating group) is 1. The maximum Gasteiger partial charge on any atom is 0.244 e. The summed E-state index contributed by atoms with van der Waals surface area (Å²) < 4.78 is 13.6. The Bertz CT molecular complexity index is 532. The van der Waals surface area contributed by atoms with E-state index in [0.29, 0.717) is 17.8 Å². The lowest BCUT2D eigenvalue weighted by Crippen LogP contribution is -2.49. The van der Waals surface area contributed by atoms with Crippen molar-refractivity contribution in [3.05, 3.63) is 29.1 Å². The maximum atomic E-state index is 13.6. The number of hydrogen-bond acceptors (Lipinski definition) is 3. The van der Waals surface area contributed by atoms with E-state index in [1.54, 1.807) is 20.8 Å². The molecule has 19 heavy (non-hydrogen) atoms. The predicted octanol–water partition coefficient (Wildman–Crippen LogP) is 2.33. The number of halogens is 1. The van der Waals surface area contributed by atoms with Crippen LogP contribution in [0.1, 0.15) is 31.9 Å². The highest BCUT2D eigenvalue weighted by atomic mass is 19.1. The SMILES string of the molecule is CCNC(C)(C)C(=O)Nc1cc(C#N)cc(F)c1C. The Morgan fingerprint density at radius 1 is 1.47 bits per heavy atom. The standard InChI is InChI=1S/C14H18FN3O/c1-5-17-14(3,4)13(19)18-12-7-10(8-16)6-11(15)9(12)2/h6-7,17H,5H2,1-4H3,(H,18,19). The molecule has 0 unspecified atom stereocenters. The summed E-state index contributed by atoms with van der Waals surface area (Å²) in [5.41, 5.74) is 0.0622. The molecule has 0 saturated carbocycles. The van der Waals surface area contributed by atoms with E-state index < -0.39 is 11.4 Å². The molecule has 102 valence electrons. The molecule has 0 bridgehead atoms. The van der Waals surface area contributed by atoms with Crippen LogP contribution in [-0.2, 0) is 4.79 Å². The number of nitrogens with zero attached hydrogens (tertiary/aromatic N) is 1. The first-order chi connectivity index (χ1) is 8.81. The molecule has 0 aliphatic carbocycles. The van der Waals surface area contributed by atoms with E-state index >= 15 is 0 Å². The van der Waals surface area contributed by atoms with Crippen LogP contribution in [0.4, 0.5) is 10.1 Å². The number of nitriles is 1. The van der Waals surface area contributed by atoms with E-state index in [4.69, 9.17) is 5.26 Å².